The van der Waals surface area contributed by atoms with Crippen LogP contribution >= 0.6 is 0 Å². The van der Waals surface area contributed by atoms with Crippen LogP contribution in [0.4, 0.5) is 11.4 Å². The summed E-state index contributed by atoms with van der Waals surface area (Å²) in [6, 6.07) is 14.6. The highest BCUT2D eigenvalue weighted by atomic mass is 16.2. The van der Waals surface area contributed by atoms with Crippen LogP contribution in [-0.4, -0.2) is 24.4 Å². The van der Waals surface area contributed by atoms with E-state index in [9.17, 15) is 9.59 Å². The minimum Gasteiger partial charge on any atom is -0.366 e. The van der Waals surface area contributed by atoms with E-state index in [4.69, 9.17) is 0 Å². The van der Waals surface area contributed by atoms with E-state index >= 15 is 0 Å². The molecule has 4 rings (SSSR count). The fraction of sp³-hybridized carbons (Fsp3) is 0.517. The van der Waals surface area contributed by atoms with E-state index in [1.165, 1.54) is 30.4 Å². The molecule has 0 aromatic heterocycles. The van der Waals surface area contributed by atoms with Crippen molar-refractivity contribution in [3.05, 3.63) is 59.2 Å². The van der Waals surface area contributed by atoms with Crippen LogP contribution in [0.1, 0.15) is 92.6 Å². The van der Waals surface area contributed by atoms with Crippen LogP contribution in [0.5, 0.6) is 0 Å². The molecule has 0 bridgehead atoms. The Labute approximate surface area is 204 Å². The van der Waals surface area contributed by atoms with Gasteiger partial charge in [-0.1, -0.05) is 69.7 Å². The number of carbonyl (C=O) groups excluding carboxylic acids is 2. The maximum atomic E-state index is 13.5. The largest absolute Gasteiger partial charge is 0.366 e. The second kappa shape index (κ2) is 12.0. The van der Waals surface area contributed by atoms with Gasteiger partial charge in [0.25, 0.3) is 5.91 Å². The summed E-state index contributed by atoms with van der Waals surface area (Å²) in [4.78, 5) is 28.2. The smallest absolute Gasteiger partial charge is 0.253 e. The normalized spacial score (nSPS) is 16.1. The highest BCUT2D eigenvalue weighted by Gasteiger charge is 2.24. The van der Waals surface area contributed by atoms with Gasteiger partial charge in [0.2, 0.25) is 5.91 Å². The van der Waals surface area contributed by atoms with E-state index in [0.717, 1.165) is 63.7 Å². The fourth-order valence-electron chi connectivity index (χ4n) is 5.22. The molecule has 0 atom stereocenters. The van der Waals surface area contributed by atoms with Crippen molar-refractivity contribution in [1.29, 1.82) is 0 Å². The molecule has 0 spiro atoms. The number of nitrogens with one attached hydrogen (secondary N) is 2. The van der Waals surface area contributed by atoms with E-state index in [2.05, 4.69) is 46.7 Å². The lowest BCUT2D eigenvalue weighted by Gasteiger charge is -2.32. The first-order valence-corrected chi connectivity index (χ1v) is 13.2. The molecular formula is C29H39N3O2. The minimum atomic E-state index is -0.0280. The number of amides is 2. The Morgan fingerprint density at radius 3 is 2.56 bits per heavy atom. The number of carbonyl (C=O) groups is 2. The minimum absolute atomic E-state index is 0.0226. The summed E-state index contributed by atoms with van der Waals surface area (Å²) in [7, 11) is 0. The number of fused-ring (bicyclic) bond motifs is 1. The fourth-order valence-corrected chi connectivity index (χ4v) is 5.22. The number of rotatable bonds is 9. The monoisotopic (exact) mass is 461 g/mol. The van der Waals surface area contributed by atoms with E-state index in [-0.39, 0.29) is 17.9 Å². The summed E-state index contributed by atoms with van der Waals surface area (Å²) in [6.07, 6.45) is 11.5. The van der Waals surface area contributed by atoms with Crippen molar-refractivity contribution in [1.82, 2.24) is 5.32 Å². The van der Waals surface area contributed by atoms with Crippen molar-refractivity contribution in [2.24, 2.45) is 0 Å². The Balaban J connectivity index is 1.52. The molecule has 1 fully saturated rings. The molecule has 0 radical (unpaired) electrons. The summed E-state index contributed by atoms with van der Waals surface area (Å²) in [6.45, 7) is 3.84. The van der Waals surface area contributed by atoms with Crippen LogP contribution in [0.3, 0.4) is 0 Å². The van der Waals surface area contributed by atoms with Gasteiger partial charge in [0.1, 0.15) is 0 Å². The average molecular weight is 462 g/mol. The van der Waals surface area contributed by atoms with Crippen molar-refractivity contribution < 1.29 is 9.59 Å². The Hall–Kier alpha value is -2.82. The van der Waals surface area contributed by atoms with Crippen LogP contribution in [-0.2, 0) is 17.8 Å². The Morgan fingerprint density at radius 2 is 1.76 bits per heavy atom. The quantitative estimate of drug-likeness (QED) is 0.436. The first kappa shape index (κ1) is 24.3. The van der Waals surface area contributed by atoms with Gasteiger partial charge in [-0.3, -0.25) is 9.59 Å². The average Bonchev–Trinajstić information content (AvgIpc) is 2.87. The SMILES string of the molecule is CCCCCCC(=O)Nc1ccc(N2CCc3ccccc3C2)c(C(=O)NC2CCCCC2)c1. The van der Waals surface area contributed by atoms with Crippen LogP contribution in [0.15, 0.2) is 42.5 Å². The molecule has 0 unspecified atom stereocenters. The zero-order valence-electron chi connectivity index (χ0n) is 20.6. The van der Waals surface area contributed by atoms with Gasteiger partial charge in [0.05, 0.1) is 5.56 Å². The highest BCUT2D eigenvalue weighted by molar-refractivity contribution is 6.02. The maximum absolute atomic E-state index is 13.5. The van der Waals surface area contributed by atoms with Crippen molar-refractivity contribution in [3.8, 4) is 0 Å². The molecule has 0 saturated heterocycles. The molecule has 1 aliphatic carbocycles. The molecule has 1 saturated carbocycles. The van der Waals surface area contributed by atoms with Crippen molar-refractivity contribution in [3.63, 3.8) is 0 Å². The summed E-state index contributed by atoms with van der Waals surface area (Å²) < 4.78 is 0. The lowest BCUT2D eigenvalue weighted by Crippen LogP contribution is -2.38. The zero-order valence-corrected chi connectivity index (χ0v) is 20.6. The third-order valence-corrected chi connectivity index (χ3v) is 7.19. The topological polar surface area (TPSA) is 61.4 Å². The molecule has 34 heavy (non-hydrogen) atoms. The van der Waals surface area contributed by atoms with E-state index < -0.39 is 0 Å². The van der Waals surface area contributed by atoms with Gasteiger partial charge in [-0.25, -0.2) is 0 Å². The summed E-state index contributed by atoms with van der Waals surface area (Å²) in [5.74, 6) is -0.00537. The number of unbranched alkanes of at least 4 members (excludes halogenated alkanes) is 3. The molecule has 2 aromatic carbocycles. The molecule has 2 amide bonds. The molecule has 5 heteroatoms. The number of hydrogen-bond acceptors (Lipinski definition) is 3. The van der Waals surface area contributed by atoms with Gasteiger partial charge in [0.15, 0.2) is 0 Å². The van der Waals surface area contributed by atoms with Crippen LogP contribution in [0.25, 0.3) is 0 Å². The number of benzene rings is 2. The maximum Gasteiger partial charge on any atom is 0.253 e. The second-order valence-electron chi connectivity index (χ2n) is 9.84. The predicted molar refractivity (Wildman–Crippen MR) is 139 cm³/mol. The molecule has 5 nitrogen and oxygen atoms in total. The molecule has 1 aliphatic heterocycles. The van der Waals surface area contributed by atoms with Crippen LogP contribution < -0.4 is 15.5 Å². The second-order valence-corrected chi connectivity index (χ2v) is 9.84. The third kappa shape index (κ3) is 6.40. The van der Waals surface area contributed by atoms with Crippen molar-refractivity contribution in [2.75, 3.05) is 16.8 Å². The standard InChI is InChI=1S/C29H39N3O2/c1-2-3-4-8-15-28(33)30-25-16-17-27(32-19-18-22-11-9-10-12-23(22)21-32)26(20-25)29(34)31-24-13-6-5-7-14-24/h9-12,16-17,20,24H,2-8,13-15,18-19,21H2,1H3,(H,30,33)(H,31,34). The van der Waals surface area contributed by atoms with Gasteiger partial charge < -0.3 is 15.5 Å². The molecule has 2 aliphatic rings. The number of nitrogens with zero attached hydrogens (tertiary/aromatic N) is 1. The Bertz CT molecular complexity index is 981. The Morgan fingerprint density at radius 1 is 0.971 bits per heavy atom. The molecular weight excluding hydrogens is 422 g/mol. The van der Waals surface area contributed by atoms with Gasteiger partial charge in [-0.15, -0.1) is 0 Å². The number of hydrogen-bond donors (Lipinski definition) is 2. The molecule has 2 N–H and O–H groups in total. The number of anilines is 2. The first-order chi connectivity index (χ1) is 16.6. The van der Waals surface area contributed by atoms with E-state index in [1.54, 1.807) is 0 Å². The third-order valence-electron chi connectivity index (χ3n) is 7.19. The molecule has 182 valence electrons. The summed E-state index contributed by atoms with van der Waals surface area (Å²) >= 11 is 0. The predicted octanol–water partition coefficient (Wildman–Crippen LogP) is 6.22. The van der Waals surface area contributed by atoms with Gasteiger partial charge in [-0.05, 0) is 55.0 Å². The van der Waals surface area contributed by atoms with Gasteiger partial charge in [-0.2, -0.15) is 0 Å². The van der Waals surface area contributed by atoms with Gasteiger partial charge >= 0.3 is 0 Å². The first-order valence-electron chi connectivity index (χ1n) is 13.2. The van der Waals surface area contributed by atoms with Crippen LogP contribution in [0.2, 0.25) is 0 Å². The summed E-state index contributed by atoms with van der Waals surface area (Å²) in [5.41, 5.74) is 5.02. The Kier molecular flexibility index (Phi) is 8.62. The molecule has 2 aromatic rings. The molecule has 1 heterocycles. The lowest BCUT2D eigenvalue weighted by molar-refractivity contribution is -0.116. The van der Waals surface area contributed by atoms with Crippen LogP contribution in [0, 0.1) is 0 Å². The zero-order chi connectivity index (χ0) is 23.8. The van der Waals surface area contributed by atoms with E-state index in [0.29, 0.717) is 17.7 Å². The van der Waals surface area contributed by atoms with Crippen molar-refractivity contribution in [2.45, 2.75) is 90.1 Å². The highest BCUT2D eigenvalue weighted by Crippen LogP contribution is 2.30. The van der Waals surface area contributed by atoms with Gasteiger partial charge in [0, 0.05) is 36.9 Å². The van der Waals surface area contributed by atoms with E-state index in [1.807, 2.05) is 18.2 Å². The van der Waals surface area contributed by atoms with Crippen molar-refractivity contribution >= 4 is 23.2 Å². The lowest BCUT2D eigenvalue weighted by atomic mass is 9.95. The summed E-state index contributed by atoms with van der Waals surface area (Å²) in [5, 5.41) is 6.31.